The van der Waals surface area contributed by atoms with Gasteiger partial charge in [0.1, 0.15) is 18.2 Å². The zero-order valence-corrected chi connectivity index (χ0v) is 20.2. The number of fused-ring (bicyclic) bond motifs is 1. The Labute approximate surface area is 206 Å². The first-order chi connectivity index (χ1) is 17.2. The van der Waals surface area contributed by atoms with Gasteiger partial charge in [-0.25, -0.2) is 4.98 Å². The minimum Gasteiger partial charge on any atom is -0.489 e. The minimum atomic E-state index is 0.0326. The van der Waals surface area contributed by atoms with E-state index in [1.165, 1.54) is 5.52 Å². The van der Waals surface area contributed by atoms with E-state index in [0.717, 1.165) is 67.4 Å². The molecule has 3 aromatic carbocycles. The van der Waals surface area contributed by atoms with Crippen molar-refractivity contribution >= 4 is 22.6 Å². The van der Waals surface area contributed by atoms with Crippen molar-refractivity contribution in [1.29, 1.82) is 0 Å². The van der Waals surface area contributed by atoms with E-state index < -0.39 is 0 Å². The molecule has 0 unspecified atom stereocenters. The fourth-order valence-electron chi connectivity index (χ4n) is 4.77. The van der Waals surface area contributed by atoms with Gasteiger partial charge in [0.15, 0.2) is 0 Å². The molecular formula is C29H32N4O2. The van der Waals surface area contributed by atoms with E-state index >= 15 is 0 Å². The van der Waals surface area contributed by atoms with Crippen LogP contribution in [0.2, 0.25) is 0 Å². The van der Waals surface area contributed by atoms with Gasteiger partial charge in [0.25, 0.3) is 0 Å². The Kier molecular flexibility index (Phi) is 7.09. The Balaban J connectivity index is 1.11. The molecule has 0 radical (unpaired) electrons. The van der Waals surface area contributed by atoms with Crippen molar-refractivity contribution in [2.45, 2.75) is 39.5 Å². The largest absolute Gasteiger partial charge is 0.489 e. The molecule has 0 bridgehead atoms. The molecule has 1 aliphatic rings. The van der Waals surface area contributed by atoms with Crippen LogP contribution in [0.4, 0.5) is 5.69 Å². The predicted molar refractivity (Wildman–Crippen MR) is 139 cm³/mol. The van der Waals surface area contributed by atoms with Crippen molar-refractivity contribution in [1.82, 2.24) is 14.5 Å². The van der Waals surface area contributed by atoms with Gasteiger partial charge in [-0.3, -0.25) is 9.69 Å². The number of nitrogens with one attached hydrogen (secondary N) is 1. The average molecular weight is 469 g/mol. The topological polar surface area (TPSA) is 59.4 Å². The van der Waals surface area contributed by atoms with Gasteiger partial charge in [-0.2, -0.15) is 0 Å². The Morgan fingerprint density at radius 1 is 0.971 bits per heavy atom. The zero-order valence-electron chi connectivity index (χ0n) is 20.2. The number of amides is 1. The van der Waals surface area contributed by atoms with E-state index in [0.29, 0.717) is 6.61 Å². The molecule has 1 N–H and O–H groups in total. The number of hydrogen-bond donors (Lipinski definition) is 1. The second kappa shape index (κ2) is 10.7. The normalized spacial score (nSPS) is 14.8. The van der Waals surface area contributed by atoms with E-state index in [2.05, 4.69) is 39.9 Å². The number of carbonyl (C=O) groups excluding carboxylic acids is 1. The molecule has 1 fully saturated rings. The summed E-state index contributed by atoms with van der Waals surface area (Å²) in [5.74, 6) is 2.03. The summed E-state index contributed by atoms with van der Waals surface area (Å²) in [5, 5.41) is 3.08. The number of aromatic nitrogens is 2. The van der Waals surface area contributed by atoms with E-state index in [9.17, 15) is 4.79 Å². The van der Waals surface area contributed by atoms with E-state index in [4.69, 9.17) is 9.72 Å². The van der Waals surface area contributed by atoms with Gasteiger partial charge in [0, 0.05) is 18.2 Å². The van der Waals surface area contributed by atoms with E-state index in [1.54, 1.807) is 0 Å². The van der Waals surface area contributed by atoms with Crippen LogP contribution in [0.15, 0.2) is 78.9 Å². The first kappa shape index (κ1) is 23.1. The molecule has 0 aliphatic carbocycles. The highest BCUT2D eigenvalue weighted by Crippen LogP contribution is 2.24. The highest BCUT2D eigenvalue weighted by Gasteiger charge is 2.26. The molecule has 5 rings (SSSR count). The van der Waals surface area contributed by atoms with Gasteiger partial charge in [-0.15, -0.1) is 0 Å². The molecule has 2 heterocycles. The molecule has 0 atom stereocenters. The summed E-state index contributed by atoms with van der Waals surface area (Å²) >= 11 is 0. The quantitative estimate of drug-likeness (QED) is 0.372. The van der Waals surface area contributed by atoms with Crippen molar-refractivity contribution in [2.75, 3.05) is 18.4 Å². The highest BCUT2D eigenvalue weighted by atomic mass is 16.5. The maximum absolute atomic E-state index is 12.9. The number of carbonyl (C=O) groups is 1. The molecule has 1 saturated heterocycles. The Morgan fingerprint density at radius 2 is 1.69 bits per heavy atom. The first-order valence-electron chi connectivity index (χ1n) is 12.4. The third kappa shape index (κ3) is 5.54. The maximum atomic E-state index is 12.9. The molecule has 6 nitrogen and oxygen atoms in total. The number of imidazole rings is 1. The molecular weight excluding hydrogens is 436 g/mol. The summed E-state index contributed by atoms with van der Waals surface area (Å²) in [5.41, 5.74) is 4.18. The summed E-state index contributed by atoms with van der Waals surface area (Å²) in [6, 6.07) is 26.0. The number of piperidine rings is 1. The van der Waals surface area contributed by atoms with Gasteiger partial charge in [-0.05, 0) is 74.8 Å². The Morgan fingerprint density at radius 3 is 2.43 bits per heavy atom. The average Bonchev–Trinajstić information content (AvgIpc) is 3.26. The Bertz CT molecular complexity index is 1260. The van der Waals surface area contributed by atoms with Crippen LogP contribution in [0.5, 0.6) is 5.75 Å². The van der Waals surface area contributed by atoms with Crippen molar-refractivity contribution in [3.8, 4) is 5.75 Å². The SMILES string of the molecule is CCn1c(CN2CCC(C(=O)Nc3ccc(OCc4ccccc4)cc3)CC2)nc2ccccc21. The number of ether oxygens (including phenoxy) is 1. The number of rotatable bonds is 8. The number of hydrogen-bond acceptors (Lipinski definition) is 4. The third-order valence-corrected chi connectivity index (χ3v) is 6.74. The molecule has 35 heavy (non-hydrogen) atoms. The lowest BCUT2D eigenvalue weighted by molar-refractivity contribution is -0.121. The van der Waals surface area contributed by atoms with Crippen LogP contribution < -0.4 is 10.1 Å². The van der Waals surface area contributed by atoms with Crippen LogP contribution in [0, 0.1) is 5.92 Å². The van der Waals surface area contributed by atoms with E-state index in [1.807, 2.05) is 60.7 Å². The standard InChI is InChI=1S/C29H32N4O2/c1-2-33-27-11-7-6-10-26(27)31-28(33)20-32-18-16-23(17-19-32)29(34)30-24-12-14-25(15-13-24)35-21-22-8-4-3-5-9-22/h3-15,23H,2,16-21H2,1H3,(H,30,34). The molecule has 0 saturated carbocycles. The lowest BCUT2D eigenvalue weighted by atomic mass is 9.96. The summed E-state index contributed by atoms with van der Waals surface area (Å²) in [6.07, 6.45) is 1.72. The smallest absolute Gasteiger partial charge is 0.227 e. The van der Waals surface area contributed by atoms with Gasteiger partial charge in [0.05, 0.1) is 17.6 Å². The predicted octanol–water partition coefficient (Wildman–Crippen LogP) is 5.49. The van der Waals surface area contributed by atoms with Crippen LogP contribution in [-0.2, 0) is 24.5 Å². The molecule has 4 aromatic rings. The van der Waals surface area contributed by atoms with Crippen molar-refractivity contribution < 1.29 is 9.53 Å². The van der Waals surface area contributed by atoms with Crippen molar-refractivity contribution in [2.24, 2.45) is 5.92 Å². The van der Waals surface area contributed by atoms with Crippen LogP contribution in [0.1, 0.15) is 31.2 Å². The van der Waals surface area contributed by atoms with Gasteiger partial charge in [0.2, 0.25) is 5.91 Å². The number of para-hydroxylation sites is 2. The van der Waals surface area contributed by atoms with Crippen LogP contribution in [-0.4, -0.2) is 33.4 Å². The summed E-state index contributed by atoms with van der Waals surface area (Å²) in [6.45, 7) is 6.22. The lowest BCUT2D eigenvalue weighted by Crippen LogP contribution is -2.38. The van der Waals surface area contributed by atoms with Gasteiger partial charge in [-0.1, -0.05) is 42.5 Å². The van der Waals surface area contributed by atoms with Crippen LogP contribution in [0.3, 0.4) is 0 Å². The lowest BCUT2D eigenvalue weighted by Gasteiger charge is -2.31. The molecule has 6 heteroatoms. The van der Waals surface area contributed by atoms with Gasteiger partial charge < -0.3 is 14.6 Å². The molecule has 1 aliphatic heterocycles. The number of aryl methyl sites for hydroxylation is 1. The molecule has 0 spiro atoms. The van der Waals surface area contributed by atoms with Crippen molar-refractivity contribution in [3.05, 3.63) is 90.3 Å². The molecule has 1 amide bonds. The number of nitrogens with zero attached hydrogens (tertiary/aromatic N) is 3. The van der Waals surface area contributed by atoms with Gasteiger partial charge >= 0.3 is 0 Å². The number of benzene rings is 3. The fourth-order valence-corrected chi connectivity index (χ4v) is 4.77. The first-order valence-corrected chi connectivity index (χ1v) is 12.4. The Hall–Kier alpha value is -3.64. The third-order valence-electron chi connectivity index (χ3n) is 6.74. The second-order valence-electron chi connectivity index (χ2n) is 9.10. The molecule has 1 aromatic heterocycles. The van der Waals surface area contributed by atoms with E-state index in [-0.39, 0.29) is 11.8 Å². The number of likely N-dealkylation sites (tertiary alicyclic amines) is 1. The van der Waals surface area contributed by atoms with Crippen LogP contribution in [0.25, 0.3) is 11.0 Å². The minimum absolute atomic E-state index is 0.0326. The monoisotopic (exact) mass is 468 g/mol. The van der Waals surface area contributed by atoms with Crippen molar-refractivity contribution in [3.63, 3.8) is 0 Å². The summed E-state index contributed by atoms with van der Waals surface area (Å²) < 4.78 is 8.13. The molecule has 180 valence electrons. The maximum Gasteiger partial charge on any atom is 0.227 e. The highest BCUT2D eigenvalue weighted by molar-refractivity contribution is 5.92. The second-order valence-corrected chi connectivity index (χ2v) is 9.10. The zero-order chi connectivity index (χ0) is 24.0. The number of anilines is 1. The van der Waals surface area contributed by atoms with Crippen LogP contribution >= 0.6 is 0 Å². The summed E-state index contributed by atoms with van der Waals surface area (Å²) in [4.78, 5) is 20.1. The summed E-state index contributed by atoms with van der Waals surface area (Å²) in [7, 11) is 0. The fraction of sp³-hybridized carbons (Fsp3) is 0.310.